The molecule has 3 rings (SSSR count). The van der Waals surface area contributed by atoms with Crippen molar-refractivity contribution in [3.8, 4) is 0 Å². The van der Waals surface area contributed by atoms with E-state index < -0.39 is 0 Å². The Bertz CT molecular complexity index is 585. The number of amides is 2. The van der Waals surface area contributed by atoms with Crippen LogP contribution in [0.3, 0.4) is 0 Å². The molecule has 6 heteroatoms. The van der Waals surface area contributed by atoms with E-state index in [1.54, 1.807) is 24.3 Å². The molecule has 1 N–H and O–H groups in total. The monoisotopic (exact) mass is 321 g/mol. The largest absolute Gasteiger partial charge is 0.340 e. The first-order chi connectivity index (χ1) is 10.5. The third-order valence-electron chi connectivity index (χ3n) is 4.35. The van der Waals surface area contributed by atoms with Gasteiger partial charge < -0.3 is 15.1 Å². The molecule has 0 aromatic heterocycles. The minimum absolute atomic E-state index is 0.0882. The number of rotatable bonds is 3. The van der Waals surface area contributed by atoms with Gasteiger partial charge in [-0.05, 0) is 31.7 Å². The van der Waals surface area contributed by atoms with Gasteiger partial charge in [-0.25, -0.2) is 0 Å². The Balaban J connectivity index is 1.53. The van der Waals surface area contributed by atoms with E-state index in [2.05, 4.69) is 17.3 Å². The standard InChI is InChI=1S/C16H20ClN3O2/c1-19-5-7-20(8-6-19)16(22)14-10-13(14)15(21)18-12-4-2-3-11(17)9-12/h2-4,9,13-14H,5-8,10H2,1H3,(H,18,21). The molecule has 1 aromatic carbocycles. The van der Waals surface area contributed by atoms with Crippen molar-refractivity contribution in [1.29, 1.82) is 0 Å². The zero-order valence-corrected chi connectivity index (χ0v) is 13.3. The van der Waals surface area contributed by atoms with Crippen molar-refractivity contribution in [1.82, 2.24) is 9.80 Å². The van der Waals surface area contributed by atoms with Gasteiger partial charge in [-0.1, -0.05) is 17.7 Å². The van der Waals surface area contributed by atoms with Gasteiger partial charge in [-0.2, -0.15) is 0 Å². The Morgan fingerprint density at radius 3 is 2.59 bits per heavy atom. The van der Waals surface area contributed by atoms with Crippen LogP contribution in [0.15, 0.2) is 24.3 Å². The summed E-state index contributed by atoms with van der Waals surface area (Å²) in [5, 5.41) is 3.42. The number of anilines is 1. The van der Waals surface area contributed by atoms with Crippen LogP contribution in [0.5, 0.6) is 0 Å². The zero-order valence-electron chi connectivity index (χ0n) is 12.6. The second-order valence-electron chi connectivity index (χ2n) is 6.08. The van der Waals surface area contributed by atoms with E-state index in [4.69, 9.17) is 11.6 Å². The number of piperazine rings is 1. The van der Waals surface area contributed by atoms with Gasteiger partial charge in [0.1, 0.15) is 0 Å². The van der Waals surface area contributed by atoms with Crippen LogP contribution in [-0.2, 0) is 9.59 Å². The third-order valence-corrected chi connectivity index (χ3v) is 4.59. The molecular weight excluding hydrogens is 302 g/mol. The SMILES string of the molecule is CN1CCN(C(=O)C2CC2C(=O)Nc2cccc(Cl)c2)CC1. The van der Waals surface area contributed by atoms with E-state index in [1.807, 2.05) is 4.90 Å². The van der Waals surface area contributed by atoms with Crippen LogP contribution in [0.2, 0.25) is 5.02 Å². The molecule has 2 amide bonds. The van der Waals surface area contributed by atoms with E-state index in [1.165, 1.54) is 0 Å². The summed E-state index contributed by atoms with van der Waals surface area (Å²) in [5.41, 5.74) is 0.676. The zero-order chi connectivity index (χ0) is 15.7. The van der Waals surface area contributed by atoms with Crippen LogP contribution in [0, 0.1) is 11.8 Å². The molecule has 22 heavy (non-hydrogen) atoms. The Hall–Kier alpha value is -1.59. The van der Waals surface area contributed by atoms with Gasteiger partial charge in [0.05, 0.1) is 11.8 Å². The normalized spacial score (nSPS) is 24.9. The Kier molecular flexibility index (Phi) is 4.36. The van der Waals surface area contributed by atoms with Gasteiger partial charge in [0.15, 0.2) is 0 Å². The lowest BCUT2D eigenvalue weighted by Crippen LogP contribution is -2.48. The molecule has 0 spiro atoms. The number of nitrogens with one attached hydrogen (secondary N) is 1. The van der Waals surface area contributed by atoms with E-state index in [9.17, 15) is 9.59 Å². The fraction of sp³-hybridized carbons (Fsp3) is 0.500. The topological polar surface area (TPSA) is 52.7 Å². The van der Waals surface area contributed by atoms with Crippen LogP contribution in [0.4, 0.5) is 5.69 Å². The lowest BCUT2D eigenvalue weighted by atomic mass is 10.2. The van der Waals surface area contributed by atoms with E-state index in [-0.39, 0.29) is 23.7 Å². The van der Waals surface area contributed by atoms with Crippen molar-refractivity contribution >= 4 is 29.1 Å². The molecule has 118 valence electrons. The first kappa shape index (κ1) is 15.3. The number of benzene rings is 1. The number of likely N-dealkylation sites (N-methyl/N-ethyl adjacent to an activating group) is 1. The number of nitrogens with zero attached hydrogens (tertiary/aromatic N) is 2. The maximum atomic E-state index is 12.4. The summed E-state index contributed by atoms with van der Waals surface area (Å²) in [6, 6.07) is 7.05. The van der Waals surface area contributed by atoms with Crippen molar-refractivity contribution in [2.24, 2.45) is 11.8 Å². The van der Waals surface area contributed by atoms with Crippen molar-refractivity contribution in [3.63, 3.8) is 0 Å². The van der Waals surface area contributed by atoms with Gasteiger partial charge in [0, 0.05) is 36.9 Å². The molecule has 1 saturated carbocycles. The van der Waals surface area contributed by atoms with E-state index in [0.29, 0.717) is 17.1 Å². The molecule has 5 nitrogen and oxygen atoms in total. The lowest BCUT2D eigenvalue weighted by molar-refractivity contribution is -0.135. The summed E-state index contributed by atoms with van der Waals surface area (Å²) in [6.07, 6.45) is 0.650. The highest BCUT2D eigenvalue weighted by Crippen LogP contribution is 2.41. The Morgan fingerprint density at radius 1 is 1.18 bits per heavy atom. The quantitative estimate of drug-likeness (QED) is 0.921. The fourth-order valence-electron chi connectivity index (χ4n) is 2.82. The lowest BCUT2D eigenvalue weighted by Gasteiger charge is -2.32. The molecule has 2 unspecified atom stereocenters. The Labute approximate surface area is 135 Å². The molecule has 2 aliphatic rings. The minimum atomic E-state index is -0.203. The molecule has 1 aliphatic carbocycles. The van der Waals surface area contributed by atoms with Crippen molar-refractivity contribution < 1.29 is 9.59 Å². The van der Waals surface area contributed by atoms with Crippen LogP contribution >= 0.6 is 11.6 Å². The molecule has 1 aromatic rings. The van der Waals surface area contributed by atoms with Crippen molar-refractivity contribution in [2.75, 3.05) is 38.5 Å². The maximum Gasteiger partial charge on any atom is 0.228 e. The first-order valence-electron chi connectivity index (χ1n) is 7.58. The van der Waals surface area contributed by atoms with Crippen molar-refractivity contribution in [2.45, 2.75) is 6.42 Å². The number of halogens is 1. The molecule has 0 radical (unpaired) electrons. The minimum Gasteiger partial charge on any atom is -0.340 e. The van der Waals surface area contributed by atoms with Crippen LogP contribution in [0.1, 0.15) is 6.42 Å². The van der Waals surface area contributed by atoms with E-state index >= 15 is 0 Å². The smallest absolute Gasteiger partial charge is 0.228 e. The Morgan fingerprint density at radius 2 is 1.91 bits per heavy atom. The van der Waals surface area contributed by atoms with Crippen LogP contribution in [-0.4, -0.2) is 54.8 Å². The highest BCUT2D eigenvalue weighted by atomic mass is 35.5. The molecule has 0 bridgehead atoms. The predicted molar refractivity (Wildman–Crippen MR) is 85.8 cm³/mol. The number of hydrogen-bond acceptors (Lipinski definition) is 3. The number of carbonyl (C=O) groups excluding carboxylic acids is 2. The summed E-state index contributed by atoms with van der Waals surface area (Å²) in [5.74, 6) is -0.317. The second-order valence-corrected chi connectivity index (χ2v) is 6.51. The van der Waals surface area contributed by atoms with Gasteiger partial charge in [0.25, 0.3) is 0 Å². The summed E-state index contributed by atoms with van der Waals surface area (Å²) >= 11 is 5.90. The highest BCUT2D eigenvalue weighted by Gasteiger charge is 2.49. The summed E-state index contributed by atoms with van der Waals surface area (Å²) < 4.78 is 0. The molecule has 1 saturated heterocycles. The maximum absolute atomic E-state index is 12.4. The summed E-state index contributed by atoms with van der Waals surface area (Å²) in [6.45, 7) is 3.32. The predicted octanol–water partition coefficient (Wildman–Crippen LogP) is 1.69. The fourth-order valence-corrected chi connectivity index (χ4v) is 3.01. The molecule has 2 atom stereocenters. The average molecular weight is 322 g/mol. The average Bonchev–Trinajstić information content (AvgIpc) is 3.28. The van der Waals surface area contributed by atoms with Crippen molar-refractivity contribution in [3.05, 3.63) is 29.3 Å². The summed E-state index contributed by atoms with van der Waals surface area (Å²) in [7, 11) is 2.06. The molecule has 2 fully saturated rings. The third kappa shape index (κ3) is 3.42. The number of carbonyl (C=O) groups is 2. The first-order valence-corrected chi connectivity index (χ1v) is 7.96. The van der Waals surface area contributed by atoms with E-state index in [0.717, 1.165) is 26.2 Å². The molecule has 1 heterocycles. The van der Waals surface area contributed by atoms with Crippen LogP contribution in [0.25, 0.3) is 0 Å². The highest BCUT2D eigenvalue weighted by molar-refractivity contribution is 6.30. The molecule has 1 aliphatic heterocycles. The van der Waals surface area contributed by atoms with Gasteiger partial charge in [-0.15, -0.1) is 0 Å². The van der Waals surface area contributed by atoms with Gasteiger partial charge >= 0.3 is 0 Å². The summed E-state index contributed by atoms with van der Waals surface area (Å²) in [4.78, 5) is 28.7. The van der Waals surface area contributed by atoms with Gasteiger partial charge in [0.2, 0.25) is 11.8 Å². The van der Waals surface area contributed by atoms with Crippen LogP contribution < -0.4 is 5.32 Å². The molecular formula is C16H20ClN3O2. The second kappa shape index (κ2) is 6.26. The number of hydrogen-bond donors (Lipinski definition) is 1. The van der Waals surface area contributed by atoms with Gasteiger partial charge in [-0.3, -0.25) is 9.59 Å².